The first-order valence-corrected chi connectivity index (χ1v) is 8.15. The van der Waals surface area contributed by atoms with Crippen LogP contribution in [0.15, 0.2) is 24.5 Å². The molecular formula is C17H16ClF4N3. The minimum atomic E-state index is -2.66. The molecule has 0 saturated carbocycles. The van der Waals surface area contributed by atoms with Gasteiger partial charge in [-0.15, -0.1) is 0 Å². The Hall–Kier alpha value is -1.73. The van der Waals surface area contributed by atoms with Gasteiger partial charge in [0.1, 0.15) is 22.5 Å². The van der Waals surface area contributed by atoms with Crippen LogP contribution in [0.25, 0.3) is 11.3 Å². The van der Waals surface area contributed by atoms with Crippen LogP contribution in [-0.2, 0) is 6.54 Å². The van der Waals surface area contributed by atoms with Crippen molar-refractivity contribution in [3.8, 4) is 11.3 Å². The summed E-state index contributed by atoms with van der Waals surface area (Å²) in [6.07, 6.45) is 2.44. The molecule has 3 nitrogen and oxygen atoms in total. The lowest BCUT2D eigenvalue weighted by atomic mass is 9.93. The van der Waals surface area contributed by atoms with Crippen molar-refractivity contribution < 1.29 is 17.6 Å². The zero-order chi connectivity index (χ0) is 18.2. The van der Waals surface area contributed by atoms with Gasteiger partial charge in [0.25, 0.3) is 0 Å². The van der Waals surface area contributed by atoms with Gasteiger partial charge in [-0.3, -0.25) is 9.88 Å². The molecule has 0 atom stereocenters. The van der Waals surface area contributed by atoms with E-state index in [0.717, 1.165) is 19.2 Å². The zero-order valence-electron chi connectivity index (χ0n) is 13.4. The highest BCUT2D eigenvalue weighted by molar-refractivity contribution is 6.29. The molecule has 0 radical (unpaired) electrons. The Bertz CT molecular complexity index is 773. The molecule has 0 spiro atoms. The first kappa shape index (κ1) is 18.1. The van der Waals surface area contributed by atoms with Gasteiger partial charge in [-0.2, -0.15) is 0 Å². The molecule has 1 aliphatic heterocycles. The largest absolute Gasteiger partial charge is 0.298 e. The standard InChI is InChI=1S/C17H16ClF4N3/c1-17(21,22)4-11-8-25(9-11)7-10-2-14(20)16(24-5-10)12-6-23-15(18)3-13(12)19/h2-3,5-6,11H,4,7-9H2,1H3. The maximum absolute atomic E-state index is 14.3. The van der Waals surface area contributed by atoms with Crippen molar-refractivity contribution in [2.45, 2.75) is 25.8 Å². The molecule has 0 unspecified atom stereocenters. The third-order valence-corrected chi connectivity index (χ3v) is 4.27. The minimum Gasteiger partial charge on any atom is -0.298 e. The van der Waals surface area contributed by atoms with Crippen molar-refractivity contribution in [3.63, 3.8) is 0 Å². The number of aromatic nitrogens is 2. The molecule has 0 bridgehead atoms. The average Bonchev–Trinajstić information content (AvgIpc) is 2.45. The van der Waals surface area contributed by atoms with Crippen molar-refractivity contribution in [1.82, 2.24) is 14.9 Å². The fourth-order valence-electron chi connectivity index (χ4n) is 3.04. The quantitative estimate of drug-likeness (QED) is 0.568. The van der Waals surface area contributed by atoms with Crippen molar-refractivity contribution in [3.05, 3.63) is 46.9 Å². The van der Waals surface area contributed by atoms with Crippen molar-refractivity contribution in [2.75, 3.05) is 13.1 Å². The van der Waals surface area contributed by atoms with Gasteiger partial charge in [-0.1, -0.05) is 11.6 Å². The zero-order valence-corrected chi connectivity index (χ0v) is 14.2. The van der Waals surface area contributed by atoms with E-state index in [9.17, 15) is 17.6 Å². The molecule has 0 aromatic carbocycles. The van der Waals surface area contributed by atoms with Gasteiger partial charge in [0, 0.05) is 44.5 Å². The number of alkyl halides is 2. The van der Waals surface area contributed by atoms with Crippen LogP contribution in [-0.4, -0.2) is 33.9 Å². The number of nitrogens with zero attached hydrogens (tertiary/aromatic N) is 3. The molecule has 1 fully saturated rings. The van der Waals surface area contributed by atoms with Gasteiger partial charge in [0.05, 0.1) is 5.56 Å². The molecule has 0 amide bonds. The van der Waals surface area contributed by atoms with E-state index in [1.165, 1.54) is 12.3 Å². The van der Waals surface area contributed by atoms with Crippen molar-refractivity contribution in [2.24, 2.45) is 5.92 Å². The monoisotopic (exact) mass is 373 g/mol. The van der Waals surface area contributed by atoms with E-state index < -0.39 is 17.6 Å². The third-order valence-electron chi connectivity index (χ3n) is 4.06. The summed E-state index contributed by atoms with van der Waals surface area (Å²) in [5.41, 5.74) is 0.394. The Balaban J connectivity index is 1.65. The molecule has 0 N–H and O–H groups in total. The first-order valence-electron chi connectivity index (χ1n) is 7.77. The summed E-state index contributed by atoms with van der Waals surface area (Å²) in [7, 11) is 0. The fraction of sp³-hybridized carbons (Fsp3) is 0.412. The van der Waals surface area contributed by atoms with Crippen LogP contribution in [0.5, 0.6) is 0 Å². The van der Waals surface area contributed by atoms with Gasteiger partial charge in [0.15, 0.2) is 0 Å². The highest BCUT2D eigenvalue weighted by Gasteiger charge is 2.34. The Morgan fingerprint density at radius 2 is 1.88 bits per heavy atom. The number of likely N-dealkylation sites (tertiary alicyclic amines) is 1. The molecule has 134 valence electrons. The highest BCUT2D eigenvalue weighted by atomic mass is 35.5. The highest BCUT2D eigenvalue weighted by Crippen LogP contribution is 2.30. The van der Waals surface area contributed by atoms with Crippen molar-refractivity contribution >= 4 is 11.6 Å². The Morgan fingerprint density at radius 1 is 1.16 bits per heavy atom. The van der Waals surface area contributed by atoms with Gasteiger partial charge >= 0.3 is 0 Å². The van der Waals surface area contributed by atoms with Gasteiger partial charge in [-0.05, 0) is 24.5 Å². The summed E-state index contributed by atoms with van der Waals surface area (Å²) >= 11 is 5.58. The van der Waals surface area contributed by atoms with Crippen LogP contribution in [0.3, 0.4) is 0 Å². The fourth-order valence-corrected chi connectivity index (χ4v) is 3.19. The summed E-state index contributed by atoms with van der Waals surface area (Å²) in [5.74, 6) is -4.09. The number of halogens is 5. The van der Waals surface area contributed by atoms with E-state index in [0.29, 0.717) is 25.2 Å². The average molecular weight is 374 g/mol. The lowest BCUT2D eigenvalue weighted by molar-refractivity contribution is -0.0380. The lowest BCUT2D eigenvalue weighted by Gasteiger charge is -2.40. The van der Waals surface area contributed by atoms with Crippen LogP contribution < -0.4 is 0 Å². The van der Waals surface area contributed by atoms with E-state index in [-0.39, 0.29) is 28.7 Å². The number of hydrogen-bond donors (Lipinski definition) is 0. The molecule has 1 aliphatic rings. The molecule has 3 rings (SSSR count). The summed E-state index contributed by atoms with van der Waals surface area (Å²) in [5, 5.41) is -0.0247. The Kier molecular flexibility index (Phi) is 4.97. The van der Waals surface area contributed by atoms with E-state index in [4.69, 9.17) is 11.6 Å². The molecule has 2 aromatic rings. The molecule has 0 aliphatic carbocycles. The Labute approximate surface area is 147 Å². The van der Waals surface area contributed by atoms with E-state index in [2.05, 4.69) is 9.97 Å². The summed E-state index contributed by atoms with van der Waals surface area (Å²) in [4.78, 5) is 9.66. The predicted molar refractivity (Wildman–Crippen MR) is 86.4 cm³/mol. The van der Waals surface area contributed by atoms with Crippen LogP contribution in [0.1, 0.15) is 18.9 Å². The normalized spacial score (nSPS) is 16.1. The van der Waals surface area contributed by atoms with E-state index in [1.54, 1.807) is 0 Å². The second kappa shape index (κ2) is 6.88. The van der Waals surface area contributed by atoms with Gasteiger partial charge < -0.3 is 0 Å². The second-order valence-corrected chi connectivity index (χ2v) is 6.88. The van der Waals surface area contributed by atoms with Crippen LogP contribution in [0.2, 0.25) is 5.15 Å². The molecular weight excluding hydrogens is 358 g/mol. The summed E-state index contributed by atoms with van der Waals surface area (Å²) < 4.78 is 54.0. The summed E-state index contributed by atoms with van der Waals surface area (Å²) in [6.45, 7) is 2.42. The third kappa shape index (κ3) is 4.46. The first-order chi connectivity index (χ1) is 11.7. The molecule has 8 heteroatoms. The molecule has 1 saturated heterocycles. The predicted octanol–water partition coefficient (Wildman–Crippen LogP) is 4.55. The minimum absolute atomic E-state index is 0.0247. The molecule has 3 heterocycles. The summed E-state index contributed by atoms with van der Waals surface area (Å²) in [6, 6.07) is 2.27. The SMILES string of the molecule is CC(F)(F)CC1CN(Cc2cnc(-c3cnc(Cl)cc3F)c(F)c2)C1. The molecule has 25 heavy (non-hydrogen) atoms. The number of rotatable bonds is 5. The maximum atomic E-state index is 14.3. The maximum Gasteiger partial charge on any atom is 0.245 e. The van der Waals surface area contributed by atoms with Gasteiger partial charge in [0.2, 0.25) is 5.92 Å². The number of pyridine rings is 2. The van der Waals surface area contributed by atoms with Gasteiger partial charge in [-0.25, -0.2) is 22.5 Å². The lowest BCUT2D eigenvalue weighted by Crippen LogP contribution is -2.47. The Morgan fingerprint density at radius 3 is 2.48 bits per heavy atom. The van der Waals surface area contributed by atoms with E-state index in [1.807, 2.05) is 4.90 Å². The van der Waals surface area contributed by atoms with E-state index >= 15 is 0 Å². The smallest absolute Gasteiger partial charge is 0.245 e. The van der Waals surface area contributed by atoms with Crippen molar-refractivity contribution in [1.29, 1.82) is 0 Å². The topological polar surface area (TPSA) is 29.0 Å². The number of hydrogen-bond acceptors (Lipinski definition) is 3. The molecule has 2 aromatic heterocycles. The van der Waals surface area contributed by atoms with Crippen LogP contribution >= 0.6 is 11.6 Å². The van der Waals surface area contributed by atoms with Crippen LogP contribution in [0.4, 0.5) is 17.6 Å². The van der Waals surface area contributed by atoms with Crippen LogP contribution in [0, 0.1) is 17.6 Å². The second-order valence-electron chi connectivity index (χ2n) is 6.50.